The van der Waals surface area contributed by atoms with Gasteiger partial charge in [0.25, 0.3) is 0 Å². The number of unbranched alkanes of at least 4 members (excludes halogenated alkanes) is 12. The third-order valence-corrected chi connectivity index (χ3v) is 5.20. The quantitative estimate of drug-likeness (QED) is 0.260. The van der Waals surface area contributed by atoms with Gasteiger partial charge in [-0.2, -0.15) is 0 Å². The number of hydrogen-bond donors (Lipinski definition) is 1. The number of hydrogen-bond acceptors (Lipinski definition) is 1. The second kappa shape index (κ2) is 15.8. The molecular formula is C24H49N. The highest BCUT2D eigenvalue weighted by Crippen LogP contribution is 2.20. The zero-order chi connectivity index (χ0) is 19.0. The largest absolute Gasteiger partial charge is 0.388 e. The topological polar surface area (TPSA) is 12.0 Å². The molecule has 1 nitrogen and oxygen atoms in total. The van der Waals surface area contributed by atoms with Crippen molar-refractivity contribution in [3.05, 3.63) is 12.3 Å². The maximum Gasteiger partial charge on any atom is 0.0143 e. The van der Waals surface area contributed by atoms with E-state index in [0.717, 1.165) is 12.5 Å². The van der Waals surface area contributed by atoms with Crippen LogP contribution in [0, 0.1) is 11.3 Å². The lowest BCUT2D eigenvalue weighted by atomic mass is 9.93. The Morgan fingerprint density at radius 1 is 0.680 bits per heavy atom. The SMILES string of the molecule is C=C(NCCCCCCCCCCCCCCCC(C)C)C(C)(C)C. The smallest absolute Gasteiger partial charge is 0.0143 e. The minimum atomic E-state index is 0.189. The molecule has 0 saturated heterocycles. The van der Waals surface area contributed by atoms with Gasteiger partial charge < -0.3 is 5.32 Å². The summed E-state index contributed by atoms with van der Waals surface area (Å²) in [5.41, 5.74) is 1.36. The molecule has 0 spiro atoms. The van der Waals surface area contributed by atoms with E-state index in [1.165, 1.54) is 95.6 Å². The Balaban J connectivity index is 3.13. The maximum atomic E-state index is 4.13. The molecule has 0 fully saturated rings. The van der Waals surface area contributed by atoms with E-state index in [1.807, 2.05) is 0 Å². The molecule has 0 radical (unpaired) electrons. The first-order valence-corrected chi connectivity index (χ1v) is 11.3. The van der Waals surface area contributed by atoms with Crippen molar-refractivity contribution >= 4 is 0 Å². The summed E-state index contributed by atoms with van der Waals surface area (Å²) < 4.78 is 0. The molecular weight excluding hydrogens is 302 g/mol. The molecule has 25 heavy (non-hydrogen) atoms. The van der Waals surface area contributed by atoms with Crippen LogP contribution in [0.1, 0.15) is 125 Å². The molecule has 0 aliphatic heterocycles. The summed E-state index contributed by atoms with van der Waals surface area (Å²) in [5, 5.41) is 3.48. The van der Waals surface area contributed by atoms with E-state index in [1.54, 1.807) is 0 Å². The minimum absolute atomic E-state index is 0.189. The zero-order valence-electron chi connectivity index (χ0n) is 18.4. The van der Waals surface area contributed by atoms with Crippen LogP contribution in [0.2, 0.25) is 0 Å². The van der Waals surface area contributed by atoms with Gasteiger partial charge in [-0.3, -0.25) is 0 Å². The van der Waals surface area contributed by atoms with Crippen molar-refractivity contribution < 1.29 is 0 Å². The van der Waals surface area contributed by atoms with Crippen molar-refractivity contribution in [2.75, 3.05) is 6.54 Å². The Hall–Kier alpha value is -0.460. The van der Waals surface area contributed by atoms with Crippen LogP contribution in [0.4, 0.5) is 0 Å². The fourth-order valence-corrected chi connectivity index (χ4v) is 3.13. The molecule has 0 aliphatic rings. The van der Waals surface area contributed by atoms with E-state index in [-0.39, 0.29) is 5.41 Å². The highest BCUT2D eigenvalue weighted by Gasteiger charge is 2.13. The van der Waals surface area contributed by atoms with Gasteiger partial charge in [0.2, 0.25) is 0 Å². The first-order valence-electron chi connectivity index (χ1n) is 11.3. The third-order valence-electron chi connectivity index (χ3n) is 5.20. The van der Waals surface area contributed by atoms with Crippen molar-refractivity contribution in [2.24, 2.45) is 11.3 Å². The van der Waals surface area contributed by atoms with Gasteiger partial charge in [0.1, 0.15) is 0 Å². The molecule has 0 unspecified atom stereocenters. The first-order chi connectivity index (χ1) is 11.8. The maximum absolute atomic E-state index is 4.13. The fourth-order valence-electron chi connectivity index (χ4n) is 3.13. The lowest BCUT2D eigenvalue weighted by molar-refractivity contribution is 0.455. The van der Waals surface area contributed by atoms with E-state index in [2.05, 4.69) is 46.5 Å². The van der Waals surface area contributed by atoms with E-state index in [9.17, 15) is 0 Å². The summed E-state index contributed by atoms with van der Waals surface area (Å²) in [5.74, 6) is 0.888. The van der Waals surface area contributed by atoms with Crippen molar-refractivity contribution in [1.82, 2.24) is 5.32 Å². The molecule has 0 aromatic carbocycles. The van der Waals surface area contributed by atoms with Crippen LogP contribution in [-0.2, 0) is 0 Å². The van der Waals surface area contributed by atoms with Crippen LogP contribution in [0.15, 0.2) is 12.3 Å². The second-order valence-corrected chi connectivity index (χ2v) is 9.43. The van der Waals surface area contributed by atoms with E-state index >= 15 is 0 Å². The van der Waals surface area contributed by atoms with Crippen LogP contribution < -0.4 is 5.32 Å². The van der Waals surface area contributed by atoms with Gasteiger partial charge in [0.15, 0.2) is 0 Å². The highest BCUT2D eigenvalue weighted by molar-refractivity contribution is 5.02. The van der Waals surface area contributed by atoms with Gasteiger partial charge >= 0.3 is 0 Å². The summed E-state index contributed by atoms with van der Waals surface area (Å²) in [4.78, 5) is 0. The molecule has 0 amide bonds. The predicted octanol–water partition coefficient (Wildman–Crippen LogP) is 8.25. The average Bonchev–Trinajstić information content (AvgIpc) is 2.53. The molecule has 0 saturated carbocycles. The molecule has 0 heterocycles. The average molecular weight is 352 g/mol. The van der Waals surface area contributed by atoms with Gasteiger partial charge in [-0.15, -0.1) is 0 Å². The summed E-state index contributed by atoms with van der Waals surface area (Å²) in [7, 11) is 0. The predicted molar refractivity (Wildman–Crippen MR) is 116 cm³/mol. The standard InChI is InChI=1S/C24H49N/c1-22(2)20-18-16-14-12-10-8-7-9-11-13-15-17-19-21-25-23(3)24(4,5)6/h22,25H,3,7-21H2,1-2,4-6H3. The molecule has 150 valence electrons. The van der Waals surface area contributed by atoms with Crippen molar-refractivity contribution in [3.63, 3.8) is 0 Å². The van der Waals surface area contributed by atoms with Gasteiger partial charge in [0.05, 0.1) is 0 Å². The van der Waals surface area contributed by atoms with Gasteiger partial charge in [0, 0.05) is 17.7 Å². The Labute approximate surface area is 160 Å². The van der Waals surface area contributed by atoms with Crippen molar-refractivity contribution in [3.8, 4) is 0 Å². The van der Waals surface area contributed by atoms with Gasteiger partial charge in [-0.05, 0) is 12.3 Å². The van der Waals surface area contributed by atoms with E-state index in [4.69, 9.17) is 0 Å². The Kier molecular flexibility index (Phi) is 15.5. The Bertz CT molecular complexity index is 298. The lowest BCUT2D eigenvalue weighted by Gasteiger charge is -2.23. The van der Waals surface area contributed by atoms with Crippen molar-refractivity contribution in [2.45, 2.75) is 125 Å². The summed E-state index contributed by atoms with van der Waals surface area (Å²) in [6.07, 6.45) is 20.0. The zero-order valence-corrected chi connectivity index (χ0v) is 18.4. The highest BCUT2D eigenvalue weighted by atomic mass is 14.9. The summed E-state index contributed by atoms with van der Waals surface area (Å²) in [6.45, 7) is 16.5. The van der Waals surface area contributed by atoms with Crippen LogP contribution in [-0.4, -0.2) is 6.54 Å². The number of allylic oxidation sites excluding steroid dienone is 1. The minimum Gasteiger partial charge on any atom is -0.388 e. The lowest BCUT2D eigenvalue weighted by Crippen LogP contribution is -2.24. The molecule has 0 aromatic heterocycles. The molecule has 0 aliphatic carbocycles. The molecule has 1 N–H and O–H groups in total. The van der Waals surface area contributed by atoms with E-state index < -0.39 is 0 Å². The normalized spacial score (nSPS) is 11.9. The fraction of sp³-hybridized carbons (Fsp3) is 0.917. The van der Waals surface area contributed by atoms with Crippen LogP contribution in [0.5, 0.6) is 0 Å². The number of rotatable bonds is 17. The molecule has 0 bridgehead atoms. The Morgan fingerprint density at radius 2 is 1.04 bits per heavy atom. The molecule has 0 aromatic rings. The van der Waals surface area contributed by atoms with E-state index in [0.29, 0.717) is 0 Å². The molecule has 0 atom stereocenters. The third kappa shape index (κ3) is 18.1. The monoisotopic (exact) mass is 351 g/mol. The van der Waals surface area contributed by atoms with Crippen LogP contribution in [0.25, 0.3) is 0 Å². The second-order valence-electron chi connectivity index (χ2n) is 9.43. The Morgan fingerprint density at radius 3 is 1.40 bits per heavy atom. The van der Waals surface area contributed by atoms with Crippen LogP contribution >= 0.6 is 0 Å². The molecule has 1 heteroatoms. The van der Waals surface area contributed by atoms with Gasteiger partial charge in [-0.1, -0.05) is 125 Å². The van der Waals surface area contributed by atoms with Gasteiger partial charge in [-0.25, -0.2) is 0 Å². The molecule has 0 rings (SSSR count). The van der Waals surface area contributed by atoms with Crippen molar-refractivity contribution in [1.29, 1.82) is 0 Å². The number of nitrogens with one attached hydrogen (secondary N) is 1. The summed E-state index contributed by atoms with van der Waals surface area (Å²) in [6, 6.07) is 0. The summed E-state index contributed by atoms with van der Waals surface area (Å²) >= 11 is 0. The first kappa shape index (κ1) is 24.5. The van der Waals surface area contributed by atoms with Crippen LogP contribution in [0.3, 0.4) is 0 Å².